The van der Waals surface area contributed by atoms with Gasteiger partial charge in [0.05, 0.1) is 6.04 Å². The minimum Gasteiger partial charge on any atom is -0.450 e. The lowest BCUT2D eigenvalue weighted by Crippen LogP contribution is -2.53. The minimum atomic E-state index is -0.628. The number of thiophene rings is 1. The zero-order valence-electron chi connectivity index (χ0n) is 15.2. The molecule has 0 saturated carbocycles. The maximum Gasteiger partial charge on any atom is 0.332 e. The van der Waals surface area contributed by atoms with Crippen molar-refractivity contribution in [1.29, 1.82) is 0 Å². The molecule has 1 unspecified atom stereocenters. The Balaban J connectivity index is 1.96. The van der Waals surface area contributed by atoms with E-state index in [2.05, 4.69) is 36.8 Å². The van der Waals surface area contributed by atoms with E-state index in [1.54, 1.807) is 17.4 Å². The van der Waals surface area contributed by atoms with Crippen LogP contribution >= 0.6 is 11.3 Å². The van der Waals surface area contributed by atoms with Crippen molar-refractivity contribution < 1.29 is 9.53 Å². The summed E-state index contributed by atoms with van der Waals surface area (Å²) in [4.78, 5) is 14.5. The summed E-state index contributed by atoms with van der Waals surface area (Å²) >= 11 is 1.64. The first-order chi connectivity index (χ1) is 12.0. The van der Waals surface area contributed by atoms with Gasteiger partial charge in [-0.1, -0.05) is 31.3 Å². The van der Waals surface area contributed by atoms with E-state index >= 15 is 0 Å². The monoisotopic (exact) mass is 355 g/mol. The number of rotatable bonds is 3. The van der Waals surface area contributed by atoms with Gasteiger partial charge in [-0.05, 0) is 51.2 Å². The molecule has 1 fully saturated rings. The fraction of sp³-hybridized carbons (Fsp3) is 0.476. The fourth-order valence-electron chi connectivity index (χ4n) is 3.83. The first-order valence-corrected chi connectivity index (χ1v) is 9.89. The molecule has 2 atom stereocenters. The van der Waals surface area contributed by atoms with Gasteiger partial charge in [-0.3, -0.25) is 4.90 Å². The third-order valence-corrected chi connectivity index (χ3v) is 5.76. The lowest BCUT2D eigenvalue weighted by molar-refractivity contribution is -0.150. The molecule has 1 aromatic rings. The number of hydrogen-bond donors (Lipinski definition) is 0. The summed E-state index contributed by atoms with van der Waals surface area (Å²) in [5, 5.41) is 4.06. The zero-order chi connectivity index (χ0) is 17.9. The number of carbonyl (C=O) groups is 1. The molecule has 0 bridgehead atoms. The highest BCUT2D eigenvalue weighted by Gasteiger charge is 2.48. The van der Waals surface area contributed by atoms with Crippen LogP contribution in [0.4, 0.5) is 0 Å². The second kappa shape index (κ2) is 7.59. The number of hydrogen-bond acceptors (Lipinski definition) is 4. The van der Waals surface area contributed by atoms with E-state index in [9.17, 15) is 4.79 Å². The molecule has 1 aromatic heterocycles. The molecule has 3 heterocycles. The van der Waals surface area contributed by atoms with Crippen molar-refractivity contribution in [3.8, 4) is 11.8 Å². The van der Waals surface area contributed by atoms with Crippen molar-refractivity contribution in [2.24, 2.45) is 0 Å². The quantitative estimate of drug-likeness (QED) is 0.602. The number of cyclic esters (lactones) is 1. The molecule has 2 aliphatic heterocycles. The van der Waals surface area contributed by atoms with Crippen LogP contribution < -0.4 is 0 Å². The number of allylic oxidation sites excluding steroid dienone is 1. The summed E-state index contributed by atoms with van der Waals surface area (Å²) in [6.07, 6.45) is 8.03. The van der Waals surface area contributed by atoms with Gasteiger partial charge in [0.15, 0.2) is 5.60 Å². The standard InChI is InChI=1S/C21H25NO2S/c1-4-7-17(10-9-16-11-13-25-15-16)18-14-20(23)24-21(18,2)19-8-5-6-12-22(19)3/h7,11,13-15,19H,4-6,8,12H2,1-3H3/b17-7-/t19?,21-/m0/s1. The molecule has 0 amide bonds. The Bertz CT molecular complexity index is 751. The van der Waals surface area contributed by atoms with Crippen molar-refractivity contribution >= 4 is 17.3 Å². The van der Waals surface area contributed by atoms with E-state index < -0.39 is 5.60 Å². The predicted molar refractivity (Wildman–Crippen MR) is 102 cm³/mol. The van der Waals surface area contributed by atoms with Crippen LogP contribution in [0, 0.1) is 11.8 Å². The lowest BCUT2D eigenvalue weighted by atomic mass is 9.79. The van der Waals surface area contributed by atoms with E-state index in [4.69, 9.17) is 4.74 Å². The second-order valence-electron chi connectivity index (χ2n) is 6.87. The van der Waals surface area contributed by atoms with Gasteiger partial charge in [0.2, 0.25) is 0 Å². The number of likely N-dealkylation sites (tertiary alicyclic amines) is 1. The van der Waals surface area contributed by atoms with E-state index in [0.717, 1.165) is 36.1 Å². The molecule has 2 aliphatic rings. The van der Waals surface area contributed by atoms with Gasteiger partial charge in [0.25, 0.3) is 0 Å². The van der Waals surface area contributed by atoms with Crippen LogP contribution in [-0.2, 0) is 9.53 Å². The summed E-state index contributed by atoms with van der Waals surface area (Å²) in [6.45, 7) is 5.18. The molecule has 1 saturated heterocycles. The Kier molecular flexibility index (Phi) is 5.46. The number of piperidine rings is 1. The van der Waals surface area contributed by atoms with Gasteiger partial charge in [0, 0.05) is 28.2 Å². The number of ether oxygens (including phenoxy) is 1. The van der Waals surface area contributed by atoms with Crippen molar-refractivity contribution in [1.82, 2.24) is 4.90 Å². The highest BCUT2D eigenvalue weighted by atomic mass is 32.1. The van der Waals surface area contributed by atoms with Crippen LogP contribution in [0.15, 0.2) is 40.1 Å². The Labute approximate surface area is 154 Å². The van der Waals surface area contributed by atoms with Crippen molar-refractivity contribution in [3.05, 3.63) is 45.7 Å². The normalized spacial score (nSPS) is 27.5. The largest absolute Gasteiger partial charge is 0.450 e. The molecule has 0 N–H and O–H groups in total. The second-order valence-corrected chi connectivity index (χ2v) is 7.65. The van der Waals surface area contributed by atoms with Crippen LogP contribution in [0.1, 0.15) is 45.1 Å². The average Bonchev–Trinajstić information content (AvgIpc) is 3.20. The topological polar surface area (TPSA) is 29.5 Å². The Morgan fingerprint density at radius 1 is 1.52 bits per heavy atom. The number of esters is 1. The highest BCUT2D eigenvalue weighted by Crippen LogP contribution is 2.40. The summed E-state index contributed by atoms with van der Waals surface area (Å²) in [5.74, 6) is 6.26. The molecule has 0 spiro atoms. The molecular formula is C21H25NO2S. The van der Waals surface area contributed by atoms with Crippen molar-refractivity contribution in [2.45, 2.75) is 51.2 Å². The minimum absolute atomic E-state index is 0.196. The van der Waals surface area contributed by atoms with E-state index in [1.807, 2.05) is 23.8 Å². The number of nitrogens with zero attached hydrogens (tertiary/aromatic N) is 1. The van der Waals surface area contributed by atoms with Crippen LogP contribution in [-0.4, -0.2) is 36.1 Å². The molecule has 0 radical (unpaired) electrons. The Hall–Kier alpha value is -1.83. The third kappa shape index (κ3) is 3.73. The van der Waals surface area contributed by atoms with Crippen molar-refractivity contribution in [2.75, 3.05) is 13.6 Å². The lowest BCUT2D eigenvalue weighted by Gasteiger charge is -2.43. The Morgan fingerprint density at radius 2 is 2.36 bits per heavy atom. The van der Waals surface area contributed by atoms with E-state index in [1.165, 1.54) is 12.8 Å². The van der Waals surface area contributed by atoms with E-state index in [0.29, 0.717) is 0 Å². The molecule has 0 aliphatic carbocycles. The van der Waals surface area contributed by atoms with Gasteiger partial charge in [-0.2, -0.15) is 11.3 Å². The van der Waals surface area contributed by atoms with Crippen LogP contribution in [0.25, 0.3) is 0 Å². The summed E-state index contributed by atoms with van der Waals surface area (Å²) in [7, 11) is 2.12. The molecule has 3 nitrogen and oxygen atoms in total. The molecule has 0 aromatic carbocycles. The Morgan fingerprint density at radius 3 is 3.04 bits per heavy atom. The van der Waals surface area contributed by atoms with Gasteiger partial charge < -0.3 is 4.74 Å². The summed E-state index contributed by atoms with van der Waals surface area (Å²) in [5.41, 5.74) is 2.23. The zero-order valence-corrected chi connectivity index (χ0v) is 16.0. The first kappa shape index (κ1) is 18.0. The number of carbonyl (C=O) groups excluding carboxylic acids is 1. The van der Waals surface area contributed by atoms with Gasteiger partial charge >= 0.3 is 5.97 Å². The highest BCUT2D eigenvalue weighted by molar-refractivity contribution is 7.08. The molecular weight excluding hydrogens is 330 g/mol. The first-order valence-electron chi connectivity index (χ1n) is 8.94. The SMILES string of the molecule is CC/C=C(/C#Cc1ccsc1)C1=CC(=O)O[C@]1(C)C1CCCCN1C. The smallest absolute Gasteiger partial charge is 0.332 e. The molecule has 4 heteroatoms. The van der Waals surface area contributed by atoms with Crippen LogP contribution in [0.3, 0.4) is 0 Å². The van der Waals surface area contributed by atoms with Gasteiger partial charge in [-0.15, -0.1) is 0 Å². The average molecular weight is 356 g/mol. The van der Waals surface area contributed by atoms with Crippen LogP contribution in [0.2, 0.25) is 0 Å². The third-order valence-electron chi connectivity index (χ3n) is 5.08. The van der Waals surface area contributed by atoms with Crippen molar-refractivity contribution in [3.63, 3.8) is 0 Å². The number of likely N-dealkylation sites (N-methyl/N-ethyl adjacent to an activating group) is 1. The van der Waals surface area contributed by atoms with Gasteiger partial charge in [-0.25, -0.2) is 4.79 Å². The summed E-state index contributed by atoms with van der Waals surface area (Å²) in [6, 6.07) is 2.21. The molecule has 132 valence electrons. The maximum atomic E-state index is 12.2. The van der Waals surface area contributed by atoms with Crippen LogP contribution in [0.5, 0.6) is 0 Å². The molecule has 25 heavy (non-hydrogen) atoms. The predicted octanol–water partition coefficient (Wildman–Crippen LogP) is 4.16. The van der Waals surface area contributed by atoms with E-state index in [-0.39, 0.29) is 12.0 Å². The van der Waals surface area contributed by atoms with Gasteiger partial charge in [0.1, 0.15) is 0 Å². The summed E-state index contributed by atoms with van der Waals surface area (Å²) < 4.78 is 5.86. The molecule has 3 rings (SSSR count). The fourth-order valence-corrected chi connectivity index (χ4v) is 4.41. The maximum absolute atomic E-state index is 12.2.